The largest absolute Gasteiger partial charge is 0.481 e. The number of nitrogens with one attached hydrogen (secondary N) is 3. The monoisotopic (exact) mass is 650 g/mol. The van der Waals surface area contributed by atoms with Gasteiger partial charge in [0.2, 0.25) is 5.91 Å². The second-order valence-electron chi connectivity index (χ2n) is 15.0. The van der Waals surface area contributed by atoms with Gasteiger partial charge in [-0.1, -0.05) is 75.7 Å². The average molecular weight is 651 g/mol. The van der Waals surface area contributed by atoms with Gasteiger partial charge >= 0.3 is 7.12 Å². The summed E-state index contributed by atoms with van der Waals surface area (Å²) in [6, 6.07) is 19.3. The fraction of sp³-hybridized carbons (Fsp3) is 0.474. The number of benzene rings is 2. The van der Waals surface area contributed by atoms with Gasteiger partial charge in [0.25, 0.3) is 11.8 Å². The van der Waals surface area contributed by atoms with Crippen molar-refractivity contribution in [3.05, 3.63) is 89.7 Å². The summed E-state index contributed by atoms with van der Waals surface area (Å²) in [6.45, 7) is 12.8. The molecule has 0 radical (unpaired) electrons. The van der Waals surface area contributed by atoms with E-state index in [9.17, 15) is 14.4 Å². The van der Waals surface area contributed by atoms with Crippen LogP contribution in [0.25, 0.3) is 11.1 Å². The van der Waals surface area contributed by atoms with Gasteiger partial charge in [-0.15, -0.1) is 0 Å². The van der Waals surface area contributed by atoms with Crippen LogP contribution >= 0.6 is 0 Å². The molecule has 2 bridgehead atoms. The predicted octanol–water partition coefficient (Wildman–Crippen LogP) is 5.38. The number of carbonyl (C=O) groups excluding carboxylic acids is 3. The molecule has 3 N–H and O–H groups in total. The van der Waals surface area contributed by atoms with E-state index in [1.54, 1.807) is 24.4 Å². The van der Waals surface area contributed by atoms with Crippen LogP contribution in [0.4, 0.5) is 0 Å². The molecule has 6 atom stereocenters. The van der Waals surface area contributed by atoms with Crippen LogP contribution in [-0.2, 0) is 14.1 Å². The smallest absolute Gasteiger partial charge is 0.404 e. The third-order valence-corrected chi connectivity index (χ3v) is 10.9. The Morgan fingerprint density at radius 1 is 0.938 bits per heavy atom. The van der Waals surface area contributed by atoms with E-state index in [1.807, 2.05) is 55.5 Å². The summed E-state index contributed by atoms with van der Waals surface area (Å²) < 4.78 is 13.3. The molecule has 1 aliphatic heterocycles. The van der Waals surface area contributed by atoms with E-state index in [1.165, 1.54) is 0 Å². The molecule has 2 heterocycles. The standard InChI is InChI=1S/C38H47BN4O5/c1-23(2)18-33(39-47-32-21-28-20-31(37(28,4)5)38(32,6)48-39)43-36(46)30(22-41-34(44)26-14-12-24(3)13-15-26)42-35(45)29-19-27(16-17-40-29)25-10-8-7-9-11-25/h7-17,19,23,28,30-33H,18,20-22H2,1-6H3,(H,41,44)(H,42,45)(H,43,46)/t28-,30+,31-,32-,33+,38+/m1/s1. The normalized spacial score (nSPS) is 25.0. The molecule has 3 aromatic rings. The summed E-state index contributed by atoms with van der Waals surface area (Å²) in [6.07, 6.45) is 4.24. The first kappa shape index (κ1) is 33.9. The number of nitrogens with zero attached hydrogens (tertiary/aromatic N) is 1. The van der Waals surface area contributed by atoms with Crippen molar-refractivity contribution < 1.29 is 23.7 Å². The number of aromatic nitrogens is 1. The minimum absolute atomic E-state index is 0.0295. The van der Waals surface area contributed by atoms with Crippen molar-refractivity contribution in [3.63, 3.8) is 0 Å². The fourth-order valence-electron chi connectivity index (χ4n) is 7.91. The minimum Gasteiger partial charge on any atom is -0.404 e. The Labute approximate surface area is 284 Å². The summed E-state index contributed by atoms with van der Waals surface area (Å²) in [4.78, 5) is 45.1. The number of hydrogen-bond acceptors (Lipinski definition) is 6. The van der Waals surface area contributed by atoms with Crippen molar-refractivity contribution in [3.8, 4) is 11.1 Å². The zero-order valence-corrected chi connectivity index (χ0v) is 28.8. The maximum absolute atomic E-state index is 14.1. The average Bonchev–Trinajstić information content (AvgIpc) is 3.44. The first-order valence-corrected chi connectivity index (χ1v) is 17.2. The second-order valence-corrected chi connectivity index (χ2v) is 15.0. The molecule has 3 amide bonds. The highest BCUT2D eigenvalue weighted by molar-refractivity contribution is 6.48. The van der Waals surface area contributed by atoms with Gasteiger partial charge in [0.1, 0.15) is 11.7 Å². The van der Waals surface area contributed by atoms with Crippen molar-refractivity contribution >= 4 is 24.8 Å². The highest BCUT2D eigenvalue weighted by atomic mass is 16.7. The molecule has 2 aromatic carbocycles. The Balaban J connectivity index is 1.21. The molecule has 4 aliphatic rings. The number of pyridine rings is 1. The molecule has 1 aromatic heterocycles. The molecule has 0 spiro atoms. The van der Waals surface area contributed by atoms with Crippen molar-refractivity contribution in [1.82, 2.24) is 20.9 Å². The molecule has 10 heteroatoms. The Bertz CT molecular complexity index is 1650. The van der Waals surface area contributed by atoms with Crippen LogP contribution < -0.4 is 16.0 Å². The third-order valence-electron chi connectivity index (χ3n) is 10.9. The minimum atomic E-state index is -1.09. The molecular formula is C38H47BN4O5. The molecule has 0 unspecified atom stereocenters. The summed E-state index contributed by atoms with van der Waals surface area (Å²) in [5.74, 6) is -0.523. The van der Waals surface area contributed by atoms with Crippen LogP contribution in [0.1, 0.15) is 80.3 Å². The van der Waals surface area contributed by atoms with Gasteiger partial charge < -0.3 is 25.3 Å². The molecule has 3 saturated carbocycles. The SMILES string of the molecule is Cc1ccc(C(=O)NC[C@H](NC(=O)c2cc(-c3ccccc3)ccn2)C(=O)N[C@@H](CC(C)C)B2O[C@@H]3C[C@H]4C[C@H](C4(C)C)[C@]3(C)O2)cc1. The fourth-order valence-corrected chi connectivity index (χ4v) is 7.91. The number of amides is 3. The van der Waals surface area contributed by atoms with E-state index in [0.29, 0.717) is 23.8 Å². The zero-order valence-electron chi connectivity index (χ0n) is 28.8. The van der Waals surface area contributed by atoms with Crippen molar-refractivity contribution in [2.75, 3.05) is 6.54 Å². The highest BCUT2D eigenvalue weighted by Gasteiger charge is 2.68. The van der Waals surface area contributed by atoms with Crippen molar-refractivity contribution in [2.45, 2.75) is 84.5 Å². The molecule has 4 fully saturated rings. The molecule has 48 heavy (non-hydrogen) atoms. The quantitative estimate of drug-likeness (QED) is 0.240. The second kappa shape index (κ2) is 13.5. The lowest BCUT2D eigenvalue weighted by Gasteiger charge is -2.64. The van der Waals surface area contributed by atoms with E-state index in [-0.39, 0.29) is 35.6 Å². The van der Waals surface area contributed by atoms with E-state index >= 15 is 0 Å². The maximum atomic E-state index is 14.1. The van der Waals surface area contributed by atoms with Gasteiger partial charge in [-0.3, -0.25) is 19.4 Å². The lowest BCUT2D eigenvalue weighted by molar-refractivity contribution is -0.199. The van der Waals surface area contributed by atoms with E-state index in [0.717, 1.165) is 29.5 Å². The van der Waals surface area contributed by atoms with Crippen LogP contribution in [0.2, 0.25) is 0 Å². The number of hydrogen-bond donors (Lipinski definition) is 3. The molecular weight excluding hydrogens is 603 g/mol. The van der Waals surface area contributed by atoms with Gasteiger partial charge in [0.05, 0.1) is 17.6 Å². The van der Waals surface area contributed by atoms with Gasteiger partial charge in [-0.05, 0) is 91.7 Å². The molecule has 9 nitrogen and oxygen atoms in total. The van der Waals surface area contributed by atoms with Gasteiger partial charge in [0.15, 0.2) is 0 Å². The van der Waals surface area contributed by atoms with Crippen molar-refractivity contribution in [1.29, 1.82) is 0 Å². The number of aryl methyl sites for hydroxylation is 1. The Morgan fingerprint density at radius 3 is 2.35 bits per heavy atom. The van der Waals surface area contributed by atoms with Crippen LogP contribution in [0.3, 0.4) is 0 Å². The Morgan fingerprint density at radius 2 is 1.67 bits per heavy atom. The first-order valence-electron chi connectivity index (χ1n) is 17.2. The highest BCUT2D eigenvalue weighted by Crippen LogP contribution is 2.65. The van der Waals surface area contributed by atoms with E-state index in [4.69, 9.17) is 9.31 Å². The van der Waals surface area contributed by atoms with E-state index < -0.39 is 36.5 Å². The van der Waals surface area contributed by atoms with Crippen LogP contribution in [0.15, 0.2) is 72.9 Å². The summed E-state index contributed by atoms with van der Waals surface area (Å²) in [5, 5.41) is 8.85. The predicted molar refractivity (Wildman–Crippen MR) is 186 cm³/mol. The summed E-state index contributed by atoms with van der Waals surface area (Å²) in [7, 11) is -0.621. The number of carbonyl (C=O) groups is 3. The maximum Gasteiger partial charge on any atom is 0.481 e. The van der Waals surface area contributed by atoms with Crippen molar-refractivity contribution in [2.24, 2.45) is 23.2 Å². The van der Waals surface area contributed by atoms with Gasteiger partial charge in [-0.25, -0.2) is 0 Å². The summed E-state index contributed by atoms with van der Waals surface area (Å²) >= 11 is 0. The molecule has 7 rings (SSSR count). The van der Waals surface area contributed by atoms with Crippen LogP contribution in [0, 0.1) is 30.1 Å². The molecule has 252 valence electrons. The first-order chi connectivity index (χ1) is 22.8. The van der Waals surface area contributed by atoms with E-state index in [2.05, 4.69) is 55.6 Å². The third kappa shape index (κ3) is 6.78. The lowest BCUT2D eigenvalue weighted by Crippen LogP contribution is -2.65. The molecule has 3 aliphatic carbocycles. The van der Waals surface area contributed by atoms with Gasteiger partial charge in [0, 0.05) is 18.3 Å². The lowest BCUT2D eigenvalue weighted by atomic mass is 9.43. The Kier molecular flexibility index (Phi) is 9.51. The van der Waals surface area contributed by atoms with Gasteiger partial charge in [-0.2, -0.15) is 0 Å². The van der Waals surface area contributed by atoms with Crippen LogP contribution in [-0.4, -0.2) is 60.1 Å². The number of rotatable bonds is 11. The Hall–Kier alpha value is -4.02. The summed E-state index contributed by atoms with van der Waals surface area (Å²) in [5.41, 5.74) is 3.20. The zero-order chi connectivity index (χ0) is 34.2. The molecule has 1 saturated heterocycles. The van der Waals surface area contributed by atoms with Crippen LogP contribution in [0.5, 0.6) is 0 Å². The topological polar surface area (TPSA) is 119 Å².